The Morgan fingerprint density at radius 1 is 1.10 bits per heavy atom. The normalized spacial score (nSPS) is 16.0. The van der Waals surface area contributed by atoms with Gasteiger partial charge in [-0.1, -0.05) is 18.2 Å². The molecule has 1 fully saturated rings. The molecule has 3 rings (SSSR count). The molecule has 2 N–H and O–H groups in total. The molecule has 0 spiro atoms. The average Bonchev–Trinajstić information content (AvgIpc) is 3.25. The third-order valence-corrected chi connectivity index (χ3v) is 5.21. The Kier molecular flexibility index (Phi) is 10.1. The van der Waals surface area contributed by atoms with E-state index in [1.165, 1.54) is 12.1 Å². The van der Waals surface area contributed by atoms with Gasteiger partial charge in [-0.2, -0.15) is 0 Å². The first-order chi connectivity index (χ1) is 14.2. The van der Waals surface area contributed by atoms with Gasteiger partial charge in [-0.15, -0.1) is 24.0 Å². The first-order valence-corrected chi connectivity index (χ1v) is 10.3. The Morgan fingerprint density at radius 3 is 2.60 bits per heavy atom. The minimum absolute atomic E-state index is 0. The maximum atomic E-state index is 5.48. The van der Waals surface area contributed by atoms with Gasteiger partial charge in [-0.3, -0.25) is 0 Å². The van der Waals surface area contributed by atoms with Crippen LogP contribution in [-0.4, -0.2) is 46.4 Å². The molecule has 2 aromatic rings. The van der Waals surface area contributed by atoms with Crippen molar-refractivity contribution < 1.29 is 9.47 Å². The fourth-order valence-electron chi connectivity index (χ4n) is 3.60. The minimum Gasteiger partial charge on any atom is -0.497 e. The van der Waals surface area contributed by atoms with E-state index in [-0.39, 0.29) is 24.0 Å². The fraction of sp³-hybridized carbons (Fsp3) is 0.435. The Morgan fingerprint density at radius 2 is 1.90 bits per heavy atom. The summed E-state index contributed by atoms with van der Waals surface area (Å²) in [5.41, 5.74) is 2.34. The van der Waals surface area contributed by atoms with Crippen molar-refractivity contribution >= 4 is 35.6 Å². The van der Waals surface area contributed by atoms with Crippen molar-refractivity contribution in [2.45, 2.75) is 19.9 Å². The number of para-hydroxylation sites is 1. The summed E-state index contributed by atoms with van der Waals surface area (Å²) in [7, 11) is 3.33. The van der Waals surface area contributed by atoms with Crippen molar-refractivity contribution in [1.82, 2.24) is 10.6 Å². The topological polar surface area (TPSA) is 58.1 Å². The Balaban J connectivity index is 0.00000320. The smallest absolute Gasteiger partial charge is 0.191 e. The molecule has 0 bridgehead atoms. The number of methoxy groups -OCH3 is 2. The molecule has 7 heteroatoms. The highest BCUT2D eigenvalue weighted by atomic mass is 127. The number of benzene rings is 2. The van der Waals surface area contributed by atoms with Gasteiger partial charge >= 0.3 is 0 Å². The second-order valence-corrected chi connectivity index (χ2v) is 7.19. The van der Waals surface area contributed by atoms with E-state index in [4.69, 9.17) is 14.5 Å². The molecule has 0 radical (unpaired) electrons. The van der Waals surface area contributed by atoms with Crippen LogP contribution in [0.4, 0.5) is 5.69 Å². The van der Waals surface area contributed by atoms with Crippen LogP contribution in [-0.2, 0) is 6.54 Å². The second kappa shape index (κ2) is 12.5. The lowest BCUT2D eigenvalue weighted by molar-refractivity contribution is 0.391. The first-order valence-electron chi connectivity index (χ1n) is 10.3. The summed E-state index contributed by atoms with van der Waals surface area (Å²) in [5.74, 6) is 3.01. The molecule has 30 heavy (non-hydrogen) atoms. The van der Waals surface area contributed by atoms with Gasteiger partial charge in [0.15, 0.2) is 5.96 Å². The van der Waals surface area contributed by atoms with Crippen LogP contribution in [0.2, 0.25) is 0 Å². The molecule has 1 atom stereocenters. The van der Waals surface area contributed by atoms with Crippen LogP contribution in [0.3, 0.4) is 0 Å². The number of guanidine groups is 1. The molecule has 1 aliphatic rings. The fourth-order valence-corrected chi connectivity index (χ4v) is 3.60. The van der Waals surface area contributed by atoms with E-state index in [0.717, 1.165) is 49.2 Å². The van der Waals surface area contributed by atoms with Gasteiger partial charge < -0.3 is 25.0 Å². The van der Waals surface area contributed by atoms with Crippen molar-refractivity contribution in [3.8, 4) is 11.5 Å². The van der Waals surface area contributed by atoms with Gasteiger partial charge in [0.2, 0.25) is 0 Å². The summed E-state index contributed by atoms with van der Waals surface area (Å²) in [6.45, 7) is 6.54. The van der Waals surface area contributed by atoms with E-state index < -0.39 is 0 Å². The van der Waals surface area contributed by atoms with Gasteiger partial charge in [0.1, 0.15) is 11.5 Å². The molecular formula is C23H33IN4O2. The lowest BCUT2D eigenvalue weighted by Crippen LogP contribution is -2.40. The molecule has 1 saturated heterocycles. The van der Waals surface area contributed by atoms with Gasteiger partial charge in [-0.25, -0.2) is 4.99 Å². The van der Waals surface area contributed by atoms with Crippen molar-refractivity contribution in [3.05, 3.63) is 54.1 Å². The zero-order valence-corrected chi connectivity index (χ0v) is 20.4. The highest BCUT2D eigenvalue weighted by Gasteiger charge is 2.22. The standard InChI is InChI=1S/C23H32N4O2.HI/c1-4-24-23(26-16-19-10-11-21(28-2)14-22(19)29-3)25-15-18-12-13-27(17-18)20-8-6-5-7-9-20;/h5-11,14,18H,4,12-13,15-17H2,1-3H3,(H2,24,25,26);1H. The number of rotatable bonds is 8. The van der Waals surface area contributed by atoms with E-state index in [0.29, 0.717) is 12.5 Å². The summed E-state index contributed by atoms with van der Waals surface area (Å²) >= 11 is 0. The Labute approximate surface area is 197 Å². The van der Waals surface area contributed by atoms with Crippen LogP contribution in [0.25, 0.3) is 0 Å². The molecule has 164 valence electrons. The summed E-state index contributed by atoms with van der Waals surface area (Å²) in [5, 5.41) is 6.85. The summed E-state index contributed by atoms with van der Waals surface area (Å²) in [4.78, 5) is 7.20. The highest BCUT2D eigenvalue weighted by molar-refractivity contribution is 14.0. The van der Waals surface area contributed by atoms with Crippen LogP contribution in [0.1, 0.15) is 18.9 Å². The molecule has 1 aliphatic heterocycles. The number of nitrogens with one attached hydrogen (secondary N) is 2. The SMILES string of the molecule is CCNC(=NCc1ccc(OC)cc1OC)NCC1CCN(c2ccccc2)C1.I. The summed E-state index contributed by atoms with van der Waals surface area (Å²) in [6.07, 6.45) is 1.19. The van der Waals surface area contributed by atoms with E-state index in [1.807, 2.05) is 18.2 Å². The Hall–Kier alpha value is -2.16. The number of anilines is 1. The lowest BCUT2D eigenvalue weighted by atomic mass is 10.1. The third kappa shape index (κ3) is 6.68. The number of aliphatic imine (C=N–C) groups is 1. The molecule has 0 aliphatic carbocycles. The molecule has 2 aromatic carbocycles. The highest BCUT2D eigenvalue weighted by Crippen LogP contribution is 2.25. The van der Waals surface area contributed by atoms with Crippen LogP contribution in [0, 0.1) is 5.92 Å². The van der Waals surface area contributed by atoms with Crippen LogP contribution in [0.5, 0.6) is 11.5 Å². The largest absolute Gasteiger partial charge is 0.497 e. The minimum atomic E-state index is 0. The maximum absolute atomic E-state index is 5.48. The zero-order chi connectivity index (χ0) is 20.5. The molecular weight excluding hydrogens is 491 g/mol. The Bertz CT molecular complexity index is 801. The van der Waals surface area contributed by atoms with E-state index >= 15 is 0 Å². The summed E-state index contributed by atoms with van der Waals surface area (Å²) < 4.78 is 10.7. The lowest BCUT2D eigenvalue weighted by Gasteiger charge is -2.19. The average molecular weight is 524 g/mol. The second-order valence-electron chi connectivity index (χ2n) is 7.19. The van der Waals surface area contributed by atoms with E-state index in [1.54, 1.807) is 14.2 Å². The van der Waals surface area contributed by atoms with E-state index in [2.05, 4.69) is 52.8 Å². The zero-order valence-electron chi connectivity index (χ0n) is 18.1. The van der Waals surface area contributed by atoms with Crippen molar-refractivity contribution in [3.63, 3.8) is 0 Å². The number of hydrogen-bond acceptors (Lipinski definition) is 4. The number of hydrogen-bond donors (Lipinski definition) is 2. The maximum Gasteiger partial charge on any atom is 0.191 e. The molecule has 1 unspecified atom stereocenters. The van der Waals surface area contributed by atoms with Gasteiger partial charge in [0.25, 0.3) is 0 Å². The van der Waals surface area contributed by atoms with Crippen molar-refractivity contribution in [2.24, 2.45) is 10.9 Å². The van der Waals surface area contributed by atoms with Crippen LogP contribution < -0.4 is 25.0 Å². The third-order valence-electron chi connectivity index (χ3n) is 5.21. The van der Waals surface area contributed by atoms with Crippen LogP contribution >= 0.6 is 24.0 Å². The molecule has 0 amide bonds. The van der Waals surface area contributed by atoms with E-state index in [9.17, 15) is 0 Å². The molecule has 0 saturated carbocycles. The molecule has 0 aromatic heterocycles. The first kappa shape index (κ1) is 24.1. The number of ether oxygens (including phenoxy) is 2. The van der Waals surface area contributed by atoms with Gasteiger partial charge in [0, 0.05) is 43.5 Å². The monoisotopic (exact) mass is 524 g/mol. The number of nitrogens with zero attached hydrogens (tertiary/aromatic N) is 2. The summed E-state index contributed by atoms with van der Waals surface area (Å²) in [6, 6.07) is 16.5. The van der Waals surface area contributed by atoms with Crippen molar-refractivity contribution in [2.75, 3.05) is 45.3 Å². The molecule has 6 nitrogen and oxygen atoms in total. The quantitative estimate of drug-likeness (QED) is 0.312. The predicted molar refractivity (Wildman–Crippen MR) is 135 cm³/mol. The van der Waals surface area contributed by atoms with Gasteiger partial charge in [-0.05, 0) is 43.5 Å². The van der Waals surface area contributed by atoms with Crippen molar-refractivity contribution in [1.29, 1.82) is 0 Å². The van der Waals surface area contributed by atoms with Crippen LogP contribution in [0.15, 0.2) is 53.5 Å². The van der Waals surface area contributed by atoms with Gasteiger partial charge in [0.05, 0.1) is 20.8 Å². The predicted octanol–water partition coefficient (Wildman–Crippen LogP) is 3.90. The molecule has 1 heterocycles. The number of halogens is 1.